The highest BCUT2D eigenvalue weighted by atomic mass is 32.2. The van der Waals surface area contributed by atoms with E-state index in [1.807, 2.05) is 0 Å². The van der Waals surface area contributed by atoms with Gasteiger partial charge in [0.1, 0.15) is 12.4 Å². The number of nitrogens with one attached hydrogen (secondary N) is 1. The quantitative estimate of drug-likeness (QED) is 0.165. The standard InChI is InChI=1S/C24H17F8NO6S2/c25-22(26,41(36,37)38)20(34)33-15-6-10-18(11-7-15)40(17-4-2-1-3-5-17)19-12-8-16(9-13-19)39-14-21(35,23(27,28)29)24(30,31)32/h1-13,35H,14H2,(H-,33,34,36,37,38)/p+1. The Morgan fingerprint density at radius 2 is 1.20 bits per heavy atom. The normalized spacial score (nSPS) is 13.9. The first kappa shape index (κ1) is 32.1. The number of rotatable bonds is 9. The monoisotopic (exact) mass is 632 g/mol. The van der Waals surface area contributed by atoms with Crippen LogP contribution in [0.4, 0.5) is 40.8 Å². The van der Waals surface area contributed by atoms with E-state index in [1.54, 1.807) is 35.6 Å². The average molecular weight is 633 g/mol. The highest BCUT2D eigenvalue weighted by Crippen LogP contribution is 2.43. The summed E-state index contributed by atoms with van der Waals surface area (Å²) < 4.78 is 139. The van der Waals surface area contributed by atoms with Gasteiger partial charge in [0.25, 0.3) is 5.60 Å². The first-order chi connectivity index (χ1) is 18.8. The molecule has 0 bridgehead atoms. The number of anilines is 1. The van der Waals surface area contributed by atoms with E-state index in [9.17, 15) is 53.4 Å². The molecule has 0 fully saturated rings. The number of amides is 1. The summed E-state index contributed by atoms with van der Waals surface area (Å²) in [4.78, 5) is 13.3. The molecule has 3 rings (SSSR count). The van der Waals surface area contributed by atoms with Gasteiger partial charge in [-0.2, -0.15) is 43.5 Å². The lowest BCUT2D eigenvalue weighted by molar-refractivity contribution is -0.373. The van der Waals surface area contributed by atoms with Crippen molar-refractivity contribution in [1.29, 1.82) is 0 Å². The van der Waals surface area contributed by atoms with Crippen LogP contribution in [0.25, 0.3) is 0 Å². The molecule has 0 spiro atoms. The molecule has 0 aliphatic heterocycles. The molecule has 17 heteroatoms. The second-order valence-electron chi connectivity index (χ2n) is 8.21. The van der Waals surface area contributed by atoms with E-state index in [0.29, 0.717) is 14.7 Å². The van der Waals surface area contributed by atoms with Gasteiger partial charge < -0.3 is 15.2 Å². The molecule has 0 aliphatic carbocycles. The molecule has 3 N–H and O–H groups in total. The van der Waals surface area contributed by atoms with E-state index in [4.69, 9.17) is 4.55 Å². The largest absolute Gasteiger partial charge is 0.490 e. The lowest BCUT2D eigenvalue weighted by Crippen LogP contribution is -2.60. The number of ether oxygens (including phenoxy) is 1. The second-order valence-corrected chi connectivity index (χ2v) is 11.7. The van der Waals surface area contributed by atoms with Crippen LogP contribution in [-0.2, 0) is 25.8 Å². The molecule has 1 atom stereocenters. The molecule has 3 aromatic rings. The summed E-state index contributed by atoms with van der Waals surface area (Å²) in [6, 6.07) is 18.5. The van der Waals surface area contributed by atoms with E-state index in [2.05, 4.69) is 4.74 Å². The zero-order valence-electron chi connectivity index (χ0n) is 20.1. The van der Waals surface area contributed by atoms with Crippen molar-refractivity contribution < 1.29 is 62.7 Å². The predicted octanol–water partition coefficient (Wildman–Crippen LogP) is 5.44. The third-order valence-electron chi connectivity index (χ3n) is 5.36. The van der Waals surface area contributed by atoms with E-state index >= 15 is 0 Å². The third kappa shape index (κ3) is 6.91. The number of halogens is 8. The maximum atomic E-state index is 13.5. The lowest BCUT2D eigenvalue weighted by Gasteiger charge is -2.31. The van der Waals surface area contributed by atoms with Crippen LogP contribution in [0.2, 0.25) is 0 Å². The van der Waals surface area contributed by atoms with Gasteiger partial charge in [-0.3, -0.25) is 9.35 Å². The lowest BCUT2D eigenvalue weighted by atomic mass is 10.0. The van der Waals surface area contributed by atoms with Crippen LogP contribution >= 0.6 is 0 Å². The fraction of sp³-hybridized carbons (Fsp3) is 0.208. The Morgan fingerprint density at radius 3 is 1.63 bits per heavy atom. The molecule has 41 heavy (non-hydrogen) atoms. The van der Waals surface area contributed by atoms with Crippen molar-refractivity contribution in [3.63, 3.8) is 0 Å². The molecule has 0 aromatic heterocycles. The number of carbonyl (C=O) groups is 1. The van der Waals surface area contributed by atoms with Crippen LogP contribution in [0, 0.1) is 0 Å². The summed E-state index contributed by atoms with van der Waals surface area (Å²) in [5.41, 5.74) is -5.35. The Kier molecular flexibility index (Phi) is 8.98. The van der Waals surface area contributed by atoms with Gasteiger partial charge in [0.15, 0.2) is 14.7 Å². The molecule has 1 amide bonds. The molecule has 0 aliphatic rings. The van der Waals surface area contributed by atoms with Gasteiger partial charge in [-0.05, 0) is 60.7 Å². The van der Waals surface area contributed by atoms with Crippen LogP contribution in [0.3, 0.4) is 0 Å². The summed E-state index contributed by atoms with van der Waals surface area (Å²) >= 11 is 0. The Labute approximate surface area is 229 Å². The number of benzene rings is 3. The van der Waals surface area contributed by atoms with Crippen molar-refractivity contribution in [3.05, 3.63) is 78.9 Å². The maximum absolute atomic E-state index is 13.5. The second kappa shape index (κ2) is 11.5. The van der Waals surface area contributed by atoms with Gasteiger partial charge in [0.05, 0.1) is 10.9 Å². The van der Waals surface area contributed by atoms with E-state index in [-0.39, 0.29) is 5.69 Å². The Bertz CT molecular complexity index is 1450. The highest BCUT2D eigenvalue weighted by Gasteiger charge is 2.71. The maximum Gasteiger partial charge on any atom is 0.446 e. The molecule has 7 nitrogen and oxygen atoms in total. The van der Waals surface area contributed by atoms with Crippen molar-refractivity contribution in [2.45, 2.75) is 37.9 Å². The number of carbonyl (C=O) groups excluding carboxylic acids is 1. The van der Waals surface area contributed by atoms with Crippen molar-refractivity contribution in [1.82, 2.24) is 0 Å². The van der Waals surface area contributed by atoms with Crippen LogP contribution in [0.15, 0.2) is 93.5 Å². The zero-order chi connectivity index (χ0) is 30.9. The van der Waals surface area contributed by atoms with Gasteiger partial charge >= 0.3 is 33.6 Å². The molecule has 0 heterocycles. The van der Waals surface area contributed by atoms with Crippen LogP contribution in [0.5, 0.6) is 5.75 Å². The van der Waals surface area contributed by atoms with Crippen molar-refractivity contribution >= 4 is 32.6 Å². The Balaban J connectivity index is 1.88. The van der Waals surface area contributed by atoms with Crippen LogP contribution in [-0.4, -0.2) is 53.8 Å². The average Bonchev–Trinajstić information content (AvgIpc) is 2.87. The van der Waals surface area contributed by atoms with Crippen LogP contribution in [0.1, 0.15) is 0 Å². The topological polar surface area (TPSA) is 113 Å². The molecular weight excluding hydrogens is 614 g/mol. The van der Waals surface area contributed by atoms with Gasteiger partial charge in [-0.25, -0.2) is 0 Å². The number of hydrogen-bond donors (Lipinski definition) is 3. The molecule has 222 valence electrons. The van der Waals surface area contributed by atoms with Crippen molar-refractivity contribution in [2.75, 3.05) is 11.9 Å². The highest BCUT2D eigenvalue weighted by molar-refractivity contribution is 7.97. The van der Waals surface area contributed by atoms with Gasteiger partial charge in [0, 0.05) is 5.69 Å². The third-order valence-corrected chi connectivity index (χ3v) is 8.42. The molecule has 0 radical (unpaired) electrons. The smallest absolute Gasteiger partial charge is 0.446 e. The molecule has 1 unspecified atom stereocenters. The Hall–Kier alpha value is -3.41. The van der Waals surface area contributed by atoms with E-state index in [0.717, 1.165) is 12.1 Å². The predicted molar refractivity (Wildman–Crippen MR) is 129 cm³/mol. The summed E-state index contributed by atoms with van der Waals surface area (Å²) in [5, 5.41) is 5.82. The molecule has 0 saturated carbocycles. The van der Waals surface area contributed by atoms with Gasteiger partial charge in [-0.15, -0.1) is 0 Å². The Morgan fingerprint density at radius 1 is 0.756 bits per heavy atom. The number of hydrogen-bond acceptors (Lipinski definition) is 5. The van der Waals surface area contributed by atoms with Crippen molar-refractivity contribution in [2.24, 2.45) is 0 Å². The SMILES string of the molecule is O=C(Nc1ccc([S+](c2ccccc2)c2ccc(OCC(O)(C(F)(F)F)C(F)(F)F)cc2)cc1)C(F)(F)S(=O)(=O)O. The fourth-order valence-electron chi connectivity index (χ4n) is 3.14. The first-order valence-corrected chi connectivity index (χ1v) is 13.6. The van der Waals surface area contributed by atoms with Crippen molar-refractivity contribution in [3.8, 4) is 5.75 Å². The van der Waals surface area contributed by atoms with E-state index in [1.165, 1.54) is 36.4 Å². The molecule has 0 saturated heterocycles. The minimum atomic E-state index is -6.06. The number of aliphatic hydroxyl groups is 1. The van der Waals surface area contributed by atoms with E-state index < -0.39 is 62.5 Å². The minimum Gasteiger partial charge on any atom is -0.490 e. The summed E-state index contributed by atoms with van der Waals surface area (Å²) in [6.45, 7) is -2.15. The summed E-state index contributed by atoms with van der Waals surface area (Å²) in [7, 11) is -7.01. The van der Waals surface area contributed by atoms with Gasteiger partial charge in [0.2, 0.25) is 0 Å². The summed E-state index contributed by atoms with van der Waals surface area (Å²) in [5.74, 6) is -2.71. The minimum absolute atomic E-state index is 0.246. The number of alkyl halides is 8. The summed E-state index contributed by atoms with van der Waals surface area (Å²) in [6.07, 6.45) is -12.1. The molecular formula is C24H18F8NO6S2+. The molecule has 3 aromatic carbocycles. The zero-order valence-corrected chi connectivity index (χ0v) is 21.7. The fourth-order valence-corrected chi connectivity index (χ4v) is 5.49. The first-order valence-electron chi connectivity index (χ1n) is 10.9. The van der Waals surface area contributed by atoms with Gasteiger partial charge in [-0.1, -0.05) is 18.2 Å². The van der Waals surface area contributed by atoms with Crippen LogP contribution < -0.4 is 10.1 Å².